The maximum Gasteiger partial charge on any atom is 0.255 e. The number of fused-ring (bicyclic) bond motifs is 4. The van der Waals surface area contributed by atoms with E-state index in [4.69, 9.17) is 16.6 Å². The van der Waals surface area contributed by atoms with E-state index in [2.05, 4.69) is 54.6 Å². The summed E-state index contributed by atoms with van der Waals surface area (Å²) in [6, 6.07) is 12.7. The van der Waals surface area contributed by atoms with E-state index in [-0.39, 0.29) is 18.2 Å². The van der Waals surface area contributed by atoms with Crippen LogP contribution in [-0.4, -0.2) is 68.5 Å². The smallest absolute Gasteiger partial charge is 0.255 e. The molecule has 3 aliphatic rings. The molecule has 0 aliphatic carbocycles. The van der Waals surface area contributed by atoms with Gasteiger partial charge in [0.15, 0.2) is 5.82 Å². The topological polar surface area (TPSA) is 157 Å². The van der Waals surface area contributed by atoms with Crippen molar-refractivity contribution in [3.63, 3.8) is 0 Å². The average Bonchev–Trinajstić information content (AvgIpc) is 4.02. The first kappa shape index (κ1) is 35.5. The lowest BCUT2D eigenvalue weighted by atomic mass is 9.99. The summed E-state index contributed by atoms with van der Waals surface area (Å²) in [5.74, 6) is 0.711. The molecule has 4 aromatic heterocycles. The van der Waals surface area contributed by atoms with Crippen molar-refractivity contribution < 1.29 is 14.4 Å². The molecule has 16 heteroatoms. The zero-order chi connectivity index (χ0) is 38.5. The highest BCUT2D eigenvalue weighted by Crippen LogP contribution is 2.38. The Kier molecular flexibility index (Phi) is 9.17. The Morgan fingerprint density at radius 3 is 2.73 bits per heavy atom. The summed E-state index contributed by atoms with van der Waals surface area (Å²) in [4.78, 5) is 49.6. The molecule has 7 heterocycles. The van der Waals surface area contributed by atoms with E-state index in [1.807, 2.05) is 71.2 Å². The van der Waals surface area contributed by atoms with Crippen LogP contribution in [0.15, 0.2) is 72.4 Å². The summed E-state index contributed by atoms with van der Waals surface area (Å²) >= 11 is 7.91. The normalized spacial score (nSPS) is 16.5. The van der Waals surface area contributed by atoms with Gasteiger partial charge in [-0.3, -0.25) is 33.9 Å². The van der Waals surface area contributed by atoms with Crippen molar-refractivity contribution in [2.75, 3.05) is 5.32 Å². The van der Waals surface area contributed by atoms with Gasteiger partial charge >= 0.3 is 0 Å². The minimum absolute atomic E-state index is 0.198. The first-order valence-electron chi connectivity index (χ1n) is 18.3. The molecule has 3 amide bonds. The number of rotatable bonds is 10. The molecule has 0 spiro atoms. The third-order valence-electron chi connectivity index (χ3n) is 10.4. The largest absolute Gasteiger partial charge is 0.379 e. The van der Waals surface area contributed by atoms with E-state index in [0.29, 0.717) is 49.7 Å². The third-order valence-corrected chi connectivity index (χ3v) is 11.9. The number of benzene rings is 2. The second-order valence-electron chi connectivity index (χ2n) is 14.0. The Labute approximate surface area is 330 Å². The van der Waals surface area contributed by atoms with Gasteiger partial charge in [0.2, 0.25) is 11.8 Å². The van der Waals surface area contributed by atoms with E-state index in [0.717, 1.165) is 66.4 Å². The van der Waals surface area contributed by atoms with Gasteiger partial charge in [0.05, 0.1) is 37.0 Å². The lowest BCUT2D eigenvalue weighted by Gasteiger charge is -2.29. The molecule has 56 heavy (non-hydrogen) atoms. The molecule has 1 saturated heterocycles. The molecule has 3 aliphatic heterocycles. The van der Waals surface area contributed by atoms with Crippen LogP contribution in [0.3, 0.4) is 0 Å². The minimum atomic E-state index is -0.655. The number of halogens is 1. The minimum Gasteiger partial charge on any atom is -0.379 e. The number of carbonyl (C=O) groups is 3. The summed E-state index contributed by atoms with van der Waals surface area (Å²) in [6.45, 7) is 6.64. The van der Waals surface area contributed by atoms with Gasteiger partial charge in [0, 0.05) is 75.3 Å². The fourth-order valence-corrected chi connectivity index (χ4v) is 8.90. The van der Waals surface area contributed by atoms with Crippen molar-refractivity contribution in [3.8, 4) is 5.00 Å². The van der Waals surface area contributed by atoms with Crippen LogP contribution in [0.4, 0.5) is 5.69 Å². The number of hydrogen-bond acceptors (Lipinski definition) is 10. The van der Waals surface area contributed by atoms with E-state index in [1.165, 1.54) is 0 Å². The molecule has 0 radical (unpaired) electrons. The molecule has 0 saturated carbocycles. The van der Waals surface area contributed by atoms with E-state index in [1.54, 1.807) is 28.6 Å². The van der Waals surface area contributed by atoms with Crippen LogP contribution in [-0.2, 0) is 42.3 Å². The predicted molar refractivity (Wildman–Crippen MR) is 213 cm³/mol. The standard InChI is InChI=1S/C40H36ClN11O3S/c1-23-33(56-40-36(23)37(26-7-9-27(41)10-8-26)43-18-34-48-47-24(2)52(34)40)12-6-25-16-45-50(19-25)15-14-49-20-28(44-22-49)17-42-31-5-3-4-29-30(31)21-51(39(29)55)32-11-13-35(53)46-38(32)54/h3-10,12,16,19-20,22,32,42H,11,13-15,17-18,21H2,1-2H3,(H,46,53,54)/b12-6+. The van der Waals surface area contributed by atoms with Gasteiger partial charge in [-0.1, -0.05) is 35.9 Å². The second-order valence-corrected chi connectivity index (χ2v) is 15.5. The van der Waals surface area contributed by atoms with Crippen molar-refractivity contribution in [3.05, 3.63) is 128 Å². The Hall–Kier alpha value is -6.19. The average molecular weight is 786 g/mol. The van der Waals surface area contributed by atoms with Crippen molar-refractivity contribution in [2.45, 2.75) is 65.5 Å². The number of aromatic nitrogens is 7. The number of nitrogens with one attached hydrogen (secondary N) is 2. The van der Waals surface area contributed by atoms with Crippen molar-refractivity contribution in [1.82, 2.24) is 44.3 Å². The van der Waals surface area contributed by atoms with Gasteiger partial charge in [0.25, 0.3) is 5.91 Å². The van der Waals surface area contributed by atoms with Gasteiger partial charge in [-0.2, -0.15) is 5.10 Å². The van der Waals surface area contributed by atoms with Gasteiger partial charge in [-0.05, 0) is 56.2 Å². The number of anilines is 1. The van der Waals surface area contributed by atoms with E-state index in [9.17, 15) is 14.4 Å². The molecule has 1 unspecified atom stereocenters. The molecule has 1 fully saturated rings. The molecule has 2 N–H and O–H groups in total. The molecule has 1 atom stereocenters. The van der Waals surface area contributed by atoms with E-state index >= 15 is 0 Å². The molecule has 9 rings (SSSR count). The Balaban J connectivity index is 0.843. The maximum absolute atomic E-state index is 13.2. The van der Waals surface area contributed by atoms with Gasteiger partial charge < -0.3 is 14.8 Å². The molecule has 0 bridgehead atoms. The fraction of sp³-hybridized carbons (Fsp3) is 0.250. The number of carbonyl (C=O) groups excluding carboxylic acids is 3. The summed E-state index contributed by atoms with van der Waals surface area (Å²) in [7, 11) is 0. The monoisotopic (exact) mass is 785 g/mol. The molecule has 14 nitrogen and oxygen atoms in total. The van der Waals surface area contributed by atoms with Crippen LogP contribution in [0, 0.1) is 13.8 Å². The first-order chi connectivity index (χ1) is 27.2. The Morgan fingerprint density at radius 2 is 1.89 bits per heavy atom. The Bertz CT molecular complexity index is 2600. The van der Waals surface area contributed by atoms with Gasteiger partial charge in [-0.25, -0.2) is 4.98 Å². The van der Waals surface area contributed by atoms with Gasteiger partial charge in [0.1, 0.15) is 23.4 Å². The van der Waals surface area contributed by atoms with Crippen LogP contribution in [0.25, 0.3) is 17.2 Å². The van der Waals surface area contributed by atoms with Gasteiger partial charge in [-0.15, -0.1) is 21.5 Å². The van der Waals surface area contributed by atoms with E-state index < -0.39 is 11.9 Å². The number of imide groups is 1. The van der Waals surface area contributed by atoms with Crippen molar-refractivity contribution in [1.29, 1.82) is 0 Å². The molecule has 282 valence electrons. The number of imidazole rings is 1. The summed E-state index contributed by atoms with van der Waals surface area (Å²) in [6.07, 6.45) is 12.5. The summed E-state index contributed by atoms with van der Waals surface area (Å²) in [5.41, 5.74) is 8.18. The fourth-order valence-electron chi connectivity index (χ4n) is 7.49. The number of aryl methyl sites for hydroxylation is 3. The lowest BCUT2D eigenvalue weighted by Crippen LogP contribution is -2.52. The third kappa shape index (κ3) is 6.62. The van der Waals surface area contributed by atoms with Crippen LogP contribution in [0.5, 0.6) is 0 Å². The number of amides is 3. The predicted octanol–water partition coefficient (Wildman–Crippen LogP) is 5.59. The zero-order valence-electron chi connectivity index (χ0n) is 30.6. The zero-order valence-corrected chi connectivity index (χ0v) is 32.1. The number of aliphatic imine (C=N–C) groups is 1. The highest BCUT2D eigenvalue weighted by Gasteiger charge is 2.40. The number of piperidine rings is 1. The number of thiophene rings is 1. The highest BCUT2D eigenvalue weighted by atomic mass is 35.5. The highest BCUT2D eigenvalue weighted by molar-refractivity contribution is 7.16. The SMILES string of the molecule is Cc1c(/C=C/c2cnn(CCn3cnc(CNc4cccc5c4CN(C4CCC(=O)NC4=O)C5=O)c3)c2)sc2c1C(c1ccc(Cl)cc1)=NCc1nnc(C)n1-2. The molecular weight excluding hydrogens is 750 g/mol. The van der Waals surface area contributed by atoms with Crippen molar-refractivity contribution >= 4 is 64.2 Å². The quantitative estimate of drug-likeness (QED) is 0.170. The molecule has 2 aromatic carbocycles. The van der Waals surface area contributed by atoms with Crippen LogP contribution < -0.4 is 10.6 Å². The van der Waals surface area contributed by atoms with Crippen LogP contribution in [0.1, 0.15) is 73.2 Å². The number of nitrogens with zero attached hydrogens (tertiary/aromatic N) is 9. The number of hydrogen-bond donors (Lipinski definition) is 2. The summed E-state index contributed by atoms with van der Waals surface area (Å²) in [5, 5.41) is 20.9. The second kappa shape index (κ2) is 14.5. The van der Waals surface area contributed by atoms with Crippen LogP contribution in [0.2, 0.25) is 5.02 Å². The van der Waals surface area contributed by atoms with Crippen LogP contribution >= 0.6 is 22.9 Å². The first-order valence-corrected chi connectivity index (χ1v) is 19.5. The maximum atomic E-state index is 13.2. The molecule has 6 aromatic rings. The molecular formula is C40H36ClN11O3S. The van der Waals surface area contributed by atoms with Crippen molar-refractivity contribution in [2.24, 2.45) is 4.99 Å². The lowest BCUT2D eigenvalue weighted by molar-refractivity contribution is -0.136. The summed E-state index contributed by atoms with van der Waals surface area (Å²) < 4.78 is 6.06. The Morgan fingerprint density at radius 1 is 1.04 bits per heavy atom.